The van der Waals surface area contributed by atoms with Crippen LogP contribution in [-0.4, -0.2) is 25.7 Å². The van der Waals surface area contributed by atoms with Gasteiger partial charge in [-0.3, -0.25) is 0 Å². The van der Waals surface area contributed by atoms with E-state index in [2.05, 4.69) is 11.3 Å². The van der Waals surface area contributed by atoms with E-state index in [4.69, 9.17) is 5.73 Å². The Morgan fingerprint density at radius 1 is 1.58 bits per heavy atom. The SMILES string of the molecule is C=C(C)C(N)CCOCC(F)F. The Morgan fingerprint density at radius 3 is 2.58 bits per heavy atom. The average Bonchev–Trinajstić information content (AvgIpc) is 1.97. The van der Waals surface area contributed by atoms with Gasteiger partial charge in [-0.1, -0.05) is 12.2 Å². The van der Waals surface area contributed by atoms with E-state index in [0.29, 0.717) is 6.42 Å². The van der Waals surface area contributed by atoms with Gasteiger partial charge in [-0.25, -0.2) is 8.78 Å². The van der Waals surface area contributed by atoms with Gasteiger partial charge in [0, 0.05) is 12.6 Å². The maximum absolute atomic E-state index is 11.5. The minimum atomic E-state index is -2.40. The van der Waals surface area contributed by atoms with E-state index in [1.165, 1.54) is 0 Å². The fourth-order valence-corrected chi connectivity index (χ4v) is 0.629. The van der Waals surface area contributed by atoms with Gasteiger partial charge in [0.1, 0.15) is 6.61 Å². The van der Waals surface area contributed by atoms with E-state index < -0.39 is 13.0 Å². The monoisotopic (exact) mass is 179 g/mol. The summed E-state index contributed by atoms with van der Waals surface area (Å²) in [5.41, 5.74) is 6.41. The maximum atomic E-state index is 11.5. The van der Waals surface area contributed by atoms with Crippen LogP contribution in [-0.2, 0) is 4.74 Å². The third-order valence-corrected chi connectivity index (χ3v) is 1.45. The Bertz CT molecular complexity index is 139. The molecule has 0 amide bonds. The number of hydrogen-bond donors (Lipinski definition) is 1. The van der Waals surface area contributed by atoms with E-state index in [-0.39, 0.29) is 12.6 Å². The number of alkyl halides is 2. The molecule has 1 atom stereocenters. The Hall–Kier alpha value is -0.480. The molecule has 0 bridgehead atoms. The second-order valence-corrected chi connectivity index (χ2v) is 2.71. The molecule has 0 spiro atoms. The minimum absolute atomic E-state index is 0.150. The molecule has 0 aromatic heterocycles. The summed E-state index contributed by atoms with van der Waals surface area (Å²) in [6.45, 7) is 5.19. The molecule has 12 heavy (non-hydrogen) atoms. The lowest BCUT2D eigenvalue weighted by Gasteiger charge is -2.10. The van der Waals surface area contributed by atoms with Gasteiger partial charge in [0.15, 0.2) is 0 Å². The molecular formula is C8H15F2NO. The zero-order chi connectivity index (χ0) is 9.56. The van der Waals surface area contributed by atoms with Gasteiger partial charge >= 0.3 is 0 Å². The molecule has 0 aromatic carbocycles. The van der Waals surface area contributed by atoms with E-state index in [0.717, 1.165) is 5.57 Å². The second-order valence-electron chi connectivity index (χ2n) is 2.71. The van der Waals surface area contributed by atoms with Crippen LogP contribution < -0.4 is 5.73 Å². The standard InChI is InChI=1S/C8H15F2NO/c1-6(2)7(11)3-4-12-5-8(9)10/h7-8H,1,3-5,11H2,2H3. The molecule has 0 aliphatic heterocycles. The van der Waals surface area contributed by atoms with Crippen molar-refractivity contribution in [2.75, 3.05) is 13.2 Å². The highest BCUT2D eigenvalue weighted by atomic mass is 19.3. The number of ether oxygens (including phenoxy) is 1. The van der Waals surface area contributed by atoms with Crippen LogP contribution in [0.3, 0.4) is 0 Å². The molecule has 1 unspecified atom stereocenters. The molecule has 0 fully saturated rings. The third-order valence-electron chi connectivity index (χ3n) is 1.45. The highest BCUT2D eigenvalue weighted by molar-refractivity contribution is 4.99. The normalized spacial score (nSPS) is 13.4. The van der Waals surface area contributed by atoms with Gasteiger partial charge in [-0.15, -0.1) is 0 Å². The van der Waals surface area contributed by atoms with Gasteiger partial charge < -0.3 is 10.5 Å². The van der Waals surface area contributed by atoms with Crippen LogP contribution in [0.5, 0.6) is 0 Å². The minimum Gasteiger partial charge on any atom is -0.375 e. The molecule has 0 saturated carbocycles. The predicted octanol–water partition coefficient (Wildman–Crippen LogP) is 1.56. The molecule has 2 nitrogen and oxygen atoms in total. The molecule has 72 valence electrons. The first kappa shape index (κ1) is 11.5. The predicted molar refractivity (Wildman–Crippen MR) is 44.2 cm³/mol. The van der Waals surface area contributed by atoms with Crippen molar-refractivity contribution in [2.24, 2.45) is 5.73 Å². The summed E-state index contributed by atoms with van der Waals surface area (Å²) in [4.78, 5) is 0. The average molecular weight is 179 g/mol. The molecule has 0 aliphatic rings. The first-order chi connectivity index (χ1) is 5.54. The zero-order valence-corrected chi connectivity index (χ0v) is 7.22. The van der Waals surface area contributed by atoms with E-state index in [1.54, 1.807) is 6.92 Å². The summed E-state index contributed by atoms with van der Waals surface area (Å²) < 4.78 is 27.7. The molecule has 0 radical (unpaired) electrons. The van der Waals surface area contributed by atoms with Crippen LogP contribution in [0, 0.1) is 0 Å². The lowest BCUT2D eigenvalue weighted by molar-refractivity contribution is 0.0159. The third kappa shape index (κ3) is 6.24. The van der Waals surface area contributed by atoms with Gasteiger partial charge in [0.25, 0.3) is 6.43 Å². The van der Waals surface area contributed by atoms with Crippen molar-refractivity contribution in [3.8, 4) is 0 Å². The zero-order valence-electron chi connectivity index (χ0n) is 7.22. The summed E-state index contributed by atoms with van der Waals surface area (Å²) >= 11 is 0. The van der Waals surface area contributed by atoms with Crippen LogP contribution in [0.4, 0.5) is 8.78 Å². The molecular weight excluding hydrogens is 164 g/mol. The quantitative estimate of drug-likeness (QED) is 0.496. The highest BCUT2D eigenvalue weighted by Crippen LogP contribution is 2.00. The Morgan fingerprint density at radius 2 is 2.17 bits per heavy atom. The van der Waals surface area contributed by atoms with E-state index in [1.807, 2.05) is 0 Å². The first-order valence-electron chi connectivity index (χ1n) is 3.81. The van der Waals surface area contributed by atoms with Crippen molar-refractivity contribution in [2.45, 2.75) is 25.8 Å². The van der Waals surface area contributed by atoms with Crippen LogP contribution in [0.25, 0.3) is 0 Å². The fourth-order valence-electron chi connectivity index (χ4n) is 0.629. The fraction of sp³-hybridized carbons (Fsp3) is 0.750. The molecule has 0 rings (SSSR count). The van der Waals surface area contributed by atoms with Crippen molar-refractivity contribution in [3.63, 3.8) is 0 Å². The summed E-state index contributed by atoms with van der Waals surface area (Å²) in [7, 11) is 0. The Labute approximate surface area is 71.4 Å². The summed E-state index contributed by atoms with van der Waals surface area (Å²) in [6.07, 6.45) is -1.85. The van der Waals surface area contributed by atoms with E-state index in [9.17, 15) is 8.78 Å². The Kier molecular flexibility index (Phi) is 5.84. The largest absolute Gasteiger partial charge is 0.375 e. The number of halogens is 2. The highest BCUT2D eigenvalue weighted by Gasteiger charge is 2.04. The molecule has 0 aliphatic carbocycles. The lowest BCUT2D eigenvalue weighted by Crippen LogP contribution is -2.23. The molecule has 2 N–H and O–H groups in total. The summed E-state index contributed by atoms with van der Waals surface area (Å²) in [6, 6.07) is -0.150. The molecule has 0 saturated heterocycles. The molecule has 0 aromatic rings. The van der Waals surface area contributed by atoms with Crippen molar-refractivity contribution >= 4 is 0 Å². The van der Waals surface area contributed by atoms with Crippen molar-refractivity contribution in [1.82, 2.24) is 0 Å². The van der Waals surface area contributed by atoms with E-state index >= 15 is 0 Å². The summed E-state index contributed by atoms with van der Waals surface area (Å²) in [5, 5.41) is 0. The van der Waals surface area contributed by atoms with Crippen LogP contribution in [0.2, 0.25) is 0 Å². The van der Waals surface area contributed by atoms with Gasteiger partial charge in [0.05, 0.1) is 0 Å². The number of nitrogens with two attached hydrogens (primary N) is 1. The number of rotatable bonds is 6. The smallest absolute Gasteiger partial charge is 0.261 e. The van der Waals surface area contributed by atoms with Crippen molar-refractivity contribution < 1.29 is 13.5 Å². The van der Waals surface area contributed by atoms with Crippen LogP contribution in [0.15, 0.2) is 12.2 Å². The topological polar surface area (TPSA) is 35.2 Å². The molecule has 4 heteroatoms. The van der Waals surface area contributed by atoms with Gasteiger partial charge in [0.2, 0.25) is 0 Å². The van der Waals surface area contributed by atoms with Gasteiger partial charge in [-0.05, 0) is 13.3 Å². The number of hydrogen-bond acceptors (Lipinski definition) is 2. The van der Waals surface area contributed by atoms with Crippen LogP contribution >= 0.6 is 0 Å². The van der Waals surface area contributed by atoms with Crippen molar-refractivity contribution in [1.29, 1.82) is 0 Å². The first-order valence-corrected chi connectivity index (χ1v) is 3.81. The van der Waals surface area contributed by atoms with Crippen molar-refractivity contribution in [3.05, 3.63) is 12.2 Å². The lowest BCUT2D eigenvalue weighted by atomic mass is 10.1. The summed E-state index contributed by atoms with van der Waals surface area (Å²) in [5.74, 6) is 0. The van der Waals surface area contributed by atoms with Crippen LogP contribution in [0.1, 0.15) is 13.3 Å². The maximum Gasteiger partial charge on any atom is 0.261 e. The van der Waals surface area contributed by atoms with Gasteiger partial charge in [-0.2, -0.15) is 0 Å². The molecule has 0 heterocycles. The second kappa shape index (κ2) is 6.08. The Balaban J connectivity index is 3.25.